The number of hydrogen-bond acceptors (Lipinski definition) is 6. The number of benzene rings is 2. The summed E-state index contributed by atoms with van der Waals surface area (Å²) in [6.07, 6.45) is -6.25. The van der Waals surface area contributed by atoms with Crippen LogP contribution in [0.5, 0.6) is 0 Å². The van der Waals surface area contributed by atoms with Crippen molar-refractivity contribution in [1.29, 1.82) is 0 Å². The van der Waals surface area contributed by atoms with Crippen LogP contribution in [0.25, 0.3) is 10.1 Å². The lowest BCUT2D eigenvalue weighted by molar-refractivity contribution is -0.131. The largest absolute Gasteiger partial charge is 0.390 e. The van der Waals surface area contributed by atoms with Crippen LogP contribution in [0.2, 0.25) is 0 Å². The smallest absolute Gasteiger partial charge is 0.326 e. The number of amides is 1. The summed E-state index contributed by atoms with van der Waals surface area (Å²) in [5, 5.41) is 3.37. The fraction of sp³-hybridized carbons (Fsp3) is 0.211. The Balaban J connectivity index is 1.68. The molecule has 12 heteroatoms. The summed E-state index contributed by atoms with van der Waals surface area (Å²) in [6, 6.07) is 14.4. The normalized spacial score (nSPS) is 17.1. The van der Waals surface area contributed by atoms with Crippen LogP contribution in [-0.2, 0) is 10.0 Å². The van der Waals surface area contributed by atoms with Crippen LogP contribution >= 0.6 is 23.3 Å². The van der Waals surface area contributed by atoms with E-state index in [0.29, 0.717) is 5.56 Å². The van der Waals surface area contributed by atoms with Crippen LogP contribution in [0.3, 0.4) is 0 Å². The first kappa shape index (κ1) is 21.9. The molecule has 1 aromatic heterocycles. The third kappa shape index (κ3) is 4.81. The molecule has 1 aliphatic heterocycles. The molecule has 4 rings (SSSR count). The summed E-state index contributed by atoms with van der Waals surface area (Å²) in [5.41, 5.74) is 0.626. The maximum absolute atomic E-state index is 13.3. The van der Waals surface area contributed by atoms with Gasteiger partial charge >= 0.3 is 6.18 Å². The SMILES string of the molecule is O=C1NC(c2ccc(S(=O)(=O)N(CCC(F)(F)F)c3cc4ccccc4s3)cc2)NS1. The maximum atomic E-state index is 13.3. The van der Waals surface area contributed by atoms with Crippen LogP contribution in [0.1, 0.15) is 18.2 Å². The second-order valence-corrected chi connectivity index (χ2v) is 10.5. The predicted octanol–water partition coefficient (Wildman–Crippen LogP) is 5.01. The molecule has 0 radical (unpaired) electrons. The quantitative estimate of drug-likeness (QED) is 0.478. The molecule has 1 aliphatic rings. The predicted molar refractivity (Wildman–Crippen MR) is 115 cm³/mol. The van der Waals surface area contributed by atoms with Crippen molar-refractivity contribution in [3.8, 4) is 0 Å². The Morgan fingerprint density at radius 1 is 1.06 bits per heavy atom. The number of carbonyl (C=O) groups excluding carboxylic acids is 1. The number of hydrogen-bond donors (Lipinski definition) is 2. The number of sulfonamides is 1. The average molecular weight is 488 g/mol. The van der Waals surface area contributed by atoms with E-state index in [1.165, 1.54) is 24.3 Å². The molecule has 31 heavy (non-hydrogen) atoms. The highest BCUT2D eigenvalue weighted by molar-refractivity contribution is 8.12. The lowest BCUT2D eigenvalue weighted by atomic mass is 10.2. The number of rotatable bonds is 6. The second-order valence-electron chi connectivity index (χ2n) is 6.72. The number of alkyl halides is 3. The highest BCUT2D eigenvalue weighted by Crippen LogP contribution is 2.36. The van der Waals surface area contributed by atoms with Gasteiger partial charge in [0.2, 0.25) is 0 Å². The van der Waals surface area contributed by atoms with E-state index in [0.717, 1.165) is 37.7 Å². The van der Waals surface area contributed by atoms with Crippen LogP contribution in [-0.4, -0.2) is 26.4 Å². The van der Waals surface area contributed by atoms with Crippen molar-refractivity contribution in [1.82, 2.24) is 10.0 Å². The van der Waals surface area contributed by atoms with Crippen molar-refractivity contribution in [3.63, 3.8) is 0 Å². The van der Waals surface area contributed by atoms with Crippen LogP contribution in [0.4, 0.5) is 23.0 Å². The van der Waals surface area contributed by atoms with Gasteiger partial charge in [-0.2, -0.15) is 13.2 Å². The van der Waals surface area contributed by atoms with Gasteiger partial charge in [-0.25, -0.2) is 13.1 Å². The maximum Gasteiger partial charge on any atom is 0.390 e. The Morgan fingerprint density at radius 3 is 2.39 bits per heavy atom. The van der Waals surface area contributed by atoms with E-state index in [1.807, 2.05) is 0 Å². The van der Waals surface area contributed by atoms with E-state index in [2.05, 4.69) is 10.0 Å². The van der Waals surface area contributed by atoms with Crippen molar-refractivity contribution >= 4 is 53.6 Å². The third-order valence-electron chi connectivity index (χ3n) is 4.59. The van der Waals surface area contributed by atoms with Gasteiger partial charge in [0.05, 0.1) is 11.3 Å². The Labute approximate surface area is 184 Å². The van der Waals surface area contributed by atoms with E-state index in [1.54, 1.807) is 30.3 Å². The number of nitrogens with one attached hydrogen (secondary N) is 2. The highest BCUT2D eigenvalue weighted by Gasteiger charge is 2.33. The van der Waals surface area contributed by atoms with Gasteiger partial charge in [0.15, 0.2) is 0 Å². The summed E-state index contributed by atoms with van der Waals surface area (Å²) < 4.78 is 69.8. The monoisotopic (exact) mass is 487 g/mol. The lowest BCUT2D eigenvalue weighted by Crippen LogP contribution is -2.33. The summed E-state index contributed by atoms with van der Waals surface area (Å²) >= 11 is 2.01. The fourth-order valence-electron chi connectivity index (χ4n) is 3.07. The third-order valence-corrected chi connectivity index (χ3v) is 8.33. The minimum atomic E-state index is -4.50. The average Bonchev–Trinajstić information content (AvgIpc) is 3.33. The highest BCUT2D eigenvalue weighted by atomic mass is 32.2. The lowest BCUT2D eigenvalue weighted by Gasteiger charge is -2.23. The minimum absolute atomic E-state index is 0.132. The zero-order valence-electron chi connectivity index (χ0n) is 15.7. The van der Waals surface area contributed by atoms with Gasteiger partial charge in [-0.15, -0.1) is 11.3 Å². The van der Waals surface area contributed by atoms with E-state index < -0.39 is 35.3 Å². The zero-order valence-corrected chi connectivity index (χ0v) is 18.2. The number of nitrogens with zero attached hydrogens (tertiary/aromatic N) is 1. The summed E-state index contributed by atoms with van der Waals surface area (Å²) in [5.74, 6) is 0. The number of carbonyl (C=O) groups is 1. The Morgan fingerprint density at radius 2 is 1.77 bits per heavy atom. The first-order valence-electron chi connectivity index (χ1n) is 9.04. The van der Waals surface area contributed by atoms with E-state index in [9.17, 15) is 26.4 Å². The van der Waals surface area contributed by atoms with Crippen molar-refractivity contribution in [2.24, 2.45) is 0 Å². The van der Waals surface area contributed by atoms with Gasteiger partial charge in [0, 0.05) is 23.2 Å². The Kier molecular flexibility index (Phi) is 5.90. The zero-order chi connectivity index (χ0) is 22.2. The summed E-state index contributed by atoms with van der Waals surface area (Å²) in [7, 11) is -4.24. The molecule has 0 bridgehead atoms. The first-order chi connectivity index (χ1) is 14.6. The second kappa shape index (κ2) is 8.34. The van der Waals surface area contributed by atoms with E-state index in [-0.39, 0.29) is 15.1 Å². The van der Waals surface area contributed by atoms with Gasteiger partial charge in [-0.05, 0) is 35.2 Å². The molecule has 0 aliphatic carbocycles. The van der Waals surface area contributed by atoms with Crippen LogP contribution in [0.15, 0.2) is 59.5 Å². The molecule has 2 heterocycles. The topological polar surface area (TPSA) is 78.5 Å². The Bertz CT molecular complexity index is 1180. The summed E-state index contributed by atoms with van der Waals surface area (Å²) in [6.45, 7) is -0.725. The molecule has 1 atom stereocenters. The minimum Gasteiger partial charge on any atom is -0.326 e. The molecule has 1 saturated heterocycles. The van der Waals surface area contributed by atoms with Crippen molar-refractivity contribution in [2.75, 3.05) is 10.8 Å². The molecule has 2 aromatic carbocycles. The van der Waals surface area contributed by atoms with Crippen molar-refractivity contribution < 1.29 is 26.4 Å². The van der Waals surface area contributed by atoms with Gasteiger partial charge in [0.1, 0.15) is 11.2 Å². The van der Waals surface area contributed by atoms with E-state index in [4.69, 9.17) is 0 Å². The van der Waals surface area contributed by atoms with Gasteiger partial charge in [0.25, 0.3) is 15.3 Å². The van der Waals surface area contributed by atoms with Gasteiger partial charge in [-0.3, -0.25) is 9.10 Å². The Hall–Kier alpha value is -2.28. The number of thiophene rings is 1. The number of halogens is 3. The molecule has 1 fully saturated rings. The molecule has 2 N–H and O–H groups in total. The molecule has 0 saturated carbocycles. The standard InChI is InChI=1S/C19H16F3N3O3S3/c20-19(21,22)9-10-25(16-11-13-3-1-2-4-15(13)29-16)31(27,28)14-7-5-12(6-8-14)17-23-18(26)30-24-17/h1-8,11,17,24H,9-10H2,(H,23,26). The molecule has 1 unspecified atom stereocenters. The molecule has 164 valence electrons. The summed E-state index contributed by atoms with van der Waals surface area (Å²) in [4.78, 5) is 11.2. The van der Waals surface area contributed by atoms with Gasteiger partial charge < -0.3 is 5.32 Å². The fourth-order valence-corrected chi connectivity index (χ4v) is 6.42. The molecular weight excluding hydrogens is 471 g/mol. The molecule has 3 aromatic rings. The van der Waals surface area contributed by atoms with Crippen molar-refractivity contribution in [3.05, 3.63) is 60.2 Å². The van der Waals surface area contributed by atoms with Gasteiger partial charge in [-0.1, -0.05) is 30.3 Å². The molecule has 0 spiro atoms. The number of anilines is 1. The van der Waals surface area contributed by atoms with Crippen molar-refractivity contribution in [2.45, 2.75) is 23.7 Å². The van der Waals surface area contributed by atoms with Crippen LogP contribution in [0, 0.1) is 0 Å². The molecule has 6 nitrogen and oxygen atoms in total. The number of fused-ring (bicyclic) bond motifs is 1. The van der Waals surface area contributed by atoms with E-state index >= 15 is 0 Å². The first-order valence-corrected chi connectivity index (χ1v) is 12.1. The molecular formula is C19H16F3N3O3S3. The molecule has 1 amide bonds. The van der Waals surface area contributed by atoms with Crippen LogP contribution < -0.4 is 14.3 Å².